The van der Waals surface area contributed by atoms with Crippen molar-refractivity contribution in [3.8, 4) is 22.1 Å². The van der Waals surface area contributed by atoms with Gasteiger partial charge in [0.15, 0.2) is 0 Å². The van der Waals surface area contributed by atoms with Crippen molar-refractivity contribution in [1.29, 1.82) is 0 Å². The van der Waals surface area contributed by atoms with Crippen molar-refractivity contribution in [2.45, 2.75) is 13.8 Å². The summed E-state index contributed by atoms with van der Waals surface area (Å²) in [4.78, 5) is 13.4. The molecule has 2 aromatic heterocycles. The molecule has 8 nitrogen and oxygen atoms in total. The molecule has 2 aromatic carbocycles. The van der Waals surface area contributed by atoms with Crippen molar-refractivity contribution in [2.24, 2.45) is 0 Å². The molecule has 1 amide bonds. The van der Waals surface area contributed by atoms with E-state index < -0.39 is 0 Å². The van der Waals surface area contributed by atoms with Gasteiger partial charge in [-0.05, 0) is 50.2 Å². The third kappa shape index (κ3) is 4.19. The molecule has 0 bridgehead atoms. The van der Waals surface area contributed by atoms with Crippen LogP contribution in [0.5, 0.6) is 11.5 Å². The molecule has 0 aliphatic heterocycles. The summed E-state index contributed by atoms with van der Waals surface area (Å²) in [5.41, 5.74) is 2.09. The van der Waals surface area contributed by atoms with Crippen LogP contribution in [0.1, 0.15) is 24.2 Å². The number of aromatic nitrogens is 4. The topological polar surface area (TPSA) is 90.6 Å². The van der Waals surface area contributed by atoms with E-state index in [0.29, 0.717) is 36.0 Å². The molecule has 0 spiro atoms. The summed E-state index contributed by atoms with van der Waals surface area (Å²) in [5, 5.41) is 16.0. The minimum absolute atomic E-state index is 0.237. The van der Waals surface area contributed by atoms with Gasteiger partial charge in [-0.25, -0.2) is 0 Å². The van der Waals surface area contributed by atoms with Crippen molar-refractivity contribution < 1.29 is 14.3 Å². The Bertz CT molecular complexity index is 1080. The third-order valence-corrected chi connectivity index (χ3v) is 5.00. The van der Waals surface area contributed by atoms with Gasteiger partial charge in [0, 0.05) is 22.9 Å². The molecule has 148 valence electrons. The molecule has 0 aliphatic rings. The number of nitrogens with zero attached hydrogens (tertiary/aromatic N) is 4. The van der Waals surface area contributed by atoms with Crippen LogP contribution in [-0.4, -0.2) is 38.9 Å². The second-order valence-corrected chi connectivity index (χ2v) is 7.01. The molecule has 0 saturated heterocycles. The highest BCUT2D eigenvalue weighted by Gasteiger charge is 2.12. The monoisotopic (exact) mass is 409 g/mol. The Morgan fingerprint density at radius 1 is 1.07 bits per heavy atom. The second-order valence-electron chi connectivity index (χ2n) is 6.06. The lowest BCUT2D eigenvalue weighted by Crippen LogP contribution is -2.12. The molecule has 2 heterocycles. The molecular formula is C20H19N5O3S. The van der Waals surface area contributed by atoms with Crippen molar-refractivity contribution in [2.75, 3.05) is 18.5 Å². The van der Waals surface area contributed by atoms with Crippen LogP contribution in [0.15, 0.2) is 48.8 Å². The summed E-state index contributed by atoms with van der Waals surface area (Å²) in [5.74, 6) is 0.962. The van der Waals surface area contributed by atoms with E-state index in [1.165, 1.54) is 11.3 Å². The maximum Gasteiger partial charge on any atom is 0.255 e. The Morgan fingerprint density at radius 3 is 2.38 bits per heavy atom. The van der Waals surface area contributed by atoms with Crippen LogP contribution in [0.25, 0.3) is 15.5 Å². The minimum atomic E-state index is -0.237. The van der Waals surface area contributed by atoms with Crippen molar-refractivity contribution in [1.82, 2.24) is 19.8 Å². The highest BCUT2D eigenvalue weighted by Crippen LogP contribution is 2.27. The lowest BCUT2D eigenvalue weighted by atomic mass is 10.1. The average Bonchev–Trinajstić information content (AvgIpc) is 3.31. The maximum absolute atomic E-state index is 12.7. The summed E-state index contributed by atoms with van der Waals surface area (Å²) >= 11 is 1.45. The fourth-order valence-electron chi connectivity index (χ4n) is 2.78. The van der Waals surface area contributed by atoms with E-state index in [1.807, 2.05) is 38.1 Å². The van der Waals surface area contributed by atoms with Crippen molar-refractivity contribution in [3.63, 3.8) is 0 Å². The van der Waals surface area contributed by atoms with Gasteiger partial charge in [0.25, 0.3) is 5.91 Å². The zero-order valence-corrected chi connectivity index (χ0v) is 16.8. The molecule has 4 rings (SSSR count). The molecular weight excluding hydrogens is 390 g/mol. The van der Waals surface area contributed by atoms with E-state index in [0.717, 1.165) is 15.5 Å². The van der Waals surface area contributed by atoms with Crippen LogP contribution in [0.2, 0.25) is 0 Å². The van der Waals surface area contributed by atoms with Gasteiger partial charge in [0.05, 0.1) is 13.2 Å². The van der Waals surface area contributed by atoms with Gasteiger partial charge < -0.3 is 14.8 Å². The highest BCUT2D eigenvalue weighted by molar-refractivity contribution is 7.19. The number of hydrogen-bond acceptors (Lipinski definition) is 7. The largest absolute Gasteiger partial charge is 0.494 e. The van der Waals surface area contributed by atoms with Crippen LogP contribution >= 0.6 is 11.3 Å². The molecule has 1 N–H and O–H groups in total. The summed E-state index contributed by atoms with van der Waals surface area (Å²) in [6.45, 7) is 4.81. The lowest BCUT2D eigenvalue weighted by Gasteiger charge is -2.11. The van der Waals surface area contributed by atoms with Gasteiger partial charge >= 0.3 is 0 Å². The zero-order valence-electron chi connectivity index (χ0n) is 16.0. The Kier molecular flexibility index (Phi) is 5.39. The fraction of sp³-hybridized carbons (Fsp3) is 0.200. The van der Waals surface area contributed by atoms with E-state index in [-0.39, 0.29) is 5.91 Å². The molecule has 0 radical (unpaired) electrons. The first kappa shape index (κ1) is 18.9. The normalized spacial score (nSPS) is 10.8. The Hall–Kier alpha value is -3.46. The summed E-state index contributed by atoms with van der Waals surface area (Å²) in [6, 6.07) is 12.7. The van der Waals surface area contributed by atoms with Gasteiger partial charge in [-0.2, -0.15) is 9.61 Å². The summed E-state index contributed by atoms with van der Waals surface area (Å²) < 4.78 is 12.7. The number of benzene rings is 2. The summed E-state index contributed by atoms with van der Waals surface area (Å²) in [7, 11) is 0. The van der Waals surface area contributed by atoms with Crippen LogP contribution in [0, 0.1) is 0 Å². The Labute approximate surface area is 171 Å². The standard InChI is InChI=1S/C20H19N5O3S/c1-3-27-16-9-14(10-17(11-16)28-4-2)18(26)22-15-7-5-13(6-8-15)19-24-25-12-21-23-20(25)29-19/h5-12H,3-4H2,1-2H3,(H,22,26). The molecule has 0 unspecified atom stereocenters. The van der Waals surface area contributed by atoms with Gasteiger partial charge in [0.2, 0.25) is 4.96 Å². The lowest BCUT2D eigenvalue weighted by molar-refractivity contribution is 0.102. The third-order valence-electron chi connectivity index (χ3n) is 4.04. The predicted octanol–water partition coefficient (Wildman–Crippen LogP) is 3.90. The van der Waals surface area contributed by atoms with Crippen molar-refractivity contribution in [3.05, 3.63) is 54.4 Å². The molecule has 9 heteroatoms. The number of ether oxygens (including phenoxy) is 2. The van der Waals surface area contributed by atoms with E-state index in [2.05, 4.69) is 20.6 Å². The van der Waals surface area contributed by atoms with Crippen LogP contribution in [0.3, 0.4) is 0 Å². The number of fused-ring (bicyclic) bond motifs is 1. The smallest absolute Gasteiger partial charge is 0.255 e. The zero-order chi connectivity index (χ0) is 20.2. The molecule has 0 atom stereocenters. The first-order valence-corrected chi connectivity index (χ1v) is 9.97. The number of carbonyl (C=O) groups excluding carboxylic acids is 1. The number of carbonyl (C=O) groups is 1. The summed E-state index contributed by atoms with van der Waals surface area (Å²) in [6.07, 6.45) is 1.57. The maximum atomic E-state index is 12.7. The number of anilines is 1. The van der Waals surface area contributed by atoms with E-state index >= 15 is 0 Å². The number of hydrogen-bond donors (Lipinski definition) is 1. The predicted molar refractivity (Wildman–Crippen MR) is 111 cm³/mol. The van der Waals surface area contributed by atoms with Crippen LogP contribution in [-0.2, 0) is 0 Å². The Morgan fingerprint density at radius 2 is 1.76 bits per heavy atom. The van der Waals surface area contributed by atoms with Gasteiger partial charge in [-0.3, -0.25) is 4.79 Å². The fourth-order valence-corrected chi connectivity index (χ4v) is 3.60. The van der Waals surface area contributed by atoms with Crippen LogP contribution < -0.4 is 14.8 Å². The minimum Gasteiger partial charge on any atom is -0.494 e. The van der Waals surface area contributed by atoms with Gasteiger partial charge in [-0.1, -0.05) is 11.3 Å². The van der Waals surface area contributed by atoms with Gasteiger partial charge in [-0.15, -0.1) is 10.2 Å². The SMILES string of the molecule is CCOc1cc(OCC)cc(C(=O)Nc2ccc(-c3nn4cnnc4s3)cc2)c1. The molecule has 29 heavy (non-hydrogen) atoms. The first-order valence-electron chi connectivity index (χ1n) is 9.15. The first-order chi connectivity index (χ1) is 14.2. The van der Waals surface area contributed by atoms with Gasteiger partial charge in [0.1, 0.15) is 22.8 Å². The average molecular weight is 409 g/mol. The highest BCUT2D eigenvalue weighted by atomic mass is 32.1. The second kappa shape index (κ2) is 8.27. The van der Waals surface area contributed by atoms with Crippen molar-refractivity contribution >= 4 is 27.9 Å². The number of amides is 1. The molecule has 0 fully saturated rings. The van der Waals surface area contributed by atoms with Crippen LogP contribution in [0.4, 0.5) is 5.69 Å². The van der Waals surface area contributed by atoms with E-state index in [1.54, 1.807) is 29.0 Å². The van der Waals surface area contributed by atoms with E-state index in [4.69, 9.17) is 9.47 Å². The number of nitrogens with one attached hydrogen (secondary N) is 1. The molecule has 4 aromatic rings. The van der Waals surface area contributed by atoms with E-state index in [9.17, 15) is 4.79 Å². The number of rotatable bonds is 7. The molecule has 0 aliphatic carbocycles. The Balaban J connectivity index is 1.51. The molecule has 0 saturated carbocycles. The quantitative estimate of drug-likeness (QED) is 0.498.